The minimum absolute atomic E-state index is 0.340. The Morgan fingerprint density at radius 2 is 2.29 bits per heavy atom. The van der Waals surface area contributed by atoms with Crippen LogP contribution in [-0.2, 0) is 0 Å². The summed E-state index contributed by atoms with van der Waals surface area (Å²) < 4.78 is 0. The van der Waals surface area contributed by atoms with Crippen molar-refractivity contribution in [1.82, 2.24) is 0 Å². The van der Waals surface area contributed by atoms with Crippen LogP contribution in [0.15, 0.2) is 18.2 Å². The van der Waals surface area contributed by atoms with Crippen LogP contribution >= 0.6 is 23.8 Å². The highest BCUT2D eigenvalue weighted by Crippen LogP contribution is 2.32. The van der Waals surface area contributed by atoms with Crippen LogP contribution in [0.5, 0.6) is 0 Å². The zero-order valence-electron chi connectivity index (χ0n) is 9.61. The maximum atomic E-state index is 9.93. The normalized spacial score (nSPS) is 24.1. The predicted molar refractivity (Wildman–Crippen MR) is 74.8 cm³/mol. The first-order valence-electron chi connectivity index (χ1n) is 5.46. The van der Waals surface area contributed by atoms with Gasteiger partial charge in [-0.2, -0.15) is 0 Å². The molecular weight excluding hydrogens is 256 g/mol. The molecule has 0 saturated carbocycles. The topological polar surface area (TPSA) is 49.5 Å². The number of nitrogens with zero attached hydrogens (tertiary/aromatic N) is 1. The minimum atomic E-state index is -0.634. The molecule has 1 atom stereocenters. The van der Waals surface area contributed by atoms with Crippen molar-refractivity contribution >= 4 is 34.5 Å². The Hall–Kier alpha value is -0.840. The smallest absolute Gasteiger partial charge is 0.104 e. The van der Waals surface area contributed by atoms with E-state index in [0.29, 0.717) is 16.6 Å². The molecule has 0 aliphatic carbocycles. The highest BCUT2D eigenvalue weighted by Gasteiger charge is 2.32. The number of nitrogens with two attached hydrogens (primary N) is 1. The van der Waals surface area contributed by atoms with Gasteiger partial charge < -0.3 is 15.7 Å². The lowest BCUT2D eigenvalue weighted by Gasteiger charge is -2.22. The zero-order chi connectivity index (χ0) is 12.6. The Balaban J connectivity index is 2.26. The van der Waals surface area contributed by atoms with Crippen molar-refractivity contribution < 1.29 is 5.11 Å². The molecule has 1 unspecified atom stereocenters. The Morgan fingerprint density at radius 1 is 1.59 bits per heavy atom. The van der Waals surface area contributed by atoms with Gasteiger partial charge in [-0.05, 0) is 31.5 Å². The van der Waals surface area contributed by atoms with Gasteiger partial charge in [-0.3, -0.25) is 0 Å². The largest absolute Gasteiger partial charge is 0.389 e. The fraction of sp³-hybridized carbons (Fsp3) is 0.417. The van der Waals surface area contributed by atoms with Crippen LogP contribution in [0.25, 0.3) is 0 Å². The number of rotatable bonds is 2. The number of β-amino-alcohol motifs (C(OH)–C–C–N with tert-alkyl or cyclic N) is 1. The average molecular weight is 271 g/mol. The Bertz CT molecular complexity index is 462. The molecule has 0 bridgehead atoms. The van der Waals surface area contributed by atoms with Gasteiger partial charge in [0.25, 0.3) is 0 Å². The molecule has 1 aromatic carbocycles. The lowest BCUT2D eigenvalue weighted by atomic mass is 10.1. The Morgan fingerprint density at radius 3 is 2.76 bits per heavy atom. The molecular formula is C12H15ClN2OS. The van der Waals surface area contributed by atoms with Crippen LogP contribution in [-0.4, -0.2) is 28.8 Å². The molecule has 3 N–H and O–H groups in total. The number of benzene rings is 1. The van der Waals surface area contributed by atoms with Crippen LogP contribution in [0.4, 0.5) is 5.69 Å². The number of hydrogen-bond donors (Lipinski definition) is 2. The van der Waals surface area contributed by atoms with E-state index in [0.717, 1.165) is 24.2 Å². The van der Waals surface area contributed by atoms with Crippen molar-refractivity contribution in [3.63, 3.8) is 0 Å². The third-order valence-corrected chi connectivity index (χ3v) is 3.56. The van der Waals surface area contributed by atoms with Gasteiger partial charge in [-0.15, -0.1) is 0 Å². The van der Waals surface area contributed by atoms with Gasteiger partial charge in [-0.25, -0.2) is 0 Å². The summed E-state index contributed by atoms with van der Waals surface area (Å²) in [7, 11) is 0. The molecule has 1 aliphatic heterocycles. The van der Waals surface area contributed by atoms with Crippen LogP contribution in [0.2, 0.25) is 5.02 Å². The molecule has 1 saturated heterocycles. The third-order valence-electron chi connectivity index (χ3n) is 3.02. The molecule has 5 heteroatoms. The second-order valence-electron chi connectivity index (χ2n) is 4.70. The second-order valence-corrected chi connectivity index (χ2v) is 5.55. The molecule has 0 amide bonds. The number of thiocarbonyl (C=S) groups is 1. The molecule has 2 rings (SSSR count). The molecule has 3 nitrogen and oxygen atoms in total. The van der Waals surface area contributed by atoms with E-state index in [4.69, 9.17) is 29.6 Å². The SMILES string of the molecule is CC1(O)CCN(c2ccc(C(N)=S)cc2Cl)C1. The lowest BCUT2D eigenvalue weighted by Crippen LogP contribution is -2.29. The summed E-state index contributed by atoms with van der Waals surface area (Å²) in [6.07, 6.45) is 0.750. The van der Waals surface area contributed by atoms with E-state index in [1.165, 1.54) is 0 Å². The van der Waals surface area contributed by atoms with Crippen molar-refractivity contribution in [2.24, 2.45) is 5.73 Å². The van der Waals surface area contributed by atoms with Crippen molar-refractivity contribution in [2.75, 3.05) is 18.0 Å². The standard InChI is InChI=1S/C12H15ClN2OS/c1-12(16)4-5-15(7-12)10-3-2-8(11(14)17)6-9(10)13/h2-3,6,16H,4-5,7H2,1H3,(H2,14,17). The highest BCUT2D eigenvalue weighted by atomic mass is 35.5. The van der Waals surface area contributed by atoms with Crippen molar-refractivity contribution in [2.45, 2.75) is 18.9 Å². The van der Waals surface area contributed by atoms with E-state index in [1.807, 2.05) is 19.1 Å². The van der Waals surface area contributed by atoms with Gasteiger partial charge in [0.05, 0.1) is 16.3 Å². The summed E-state index contributed by atoms with van der Waals surface area (Å²) >= 11 is 11.1. The predicted octanol–water partition coefficient (Wildman–Crippen LogP) is 1.94. The van der Waals surface area contributed by atoms with Crippen molar-refractivity contribution in [3.8, 4) is 0 Å². The van der Waals surface area contributed by atoms with Gasteiger partial charge in [0.2, 0.25) is 0 Å². The fourth-order valence-corrected chi connectivity index (χ4v) is 2.49. The van der Waals surface area contributed by atoms with E-state index >= 15 is 0 Å². The fourth-order valence-electron chi connectivity index (χ4n) is 2.07. The summed E-state index contributed by atoms with van der Waals surface area (Å²) in [5.74, 6) is 0. The molecule has 1 heterocycles. The molecule has 1 aliphatic rings. The lowest BCUT2D eigenvalue weighted by molar-refractivity contribution is 0.0839. The van der Waals surface area contributed by atoms with Crippen molar-refractivity contribution in [3.05, 3.63) is 28.8 Å². The molecule has 1 aromatic rings. The van der Waals surface area contributed by atoms with Gasteiger partial charge in [0, 0.05) is 18.7 Å². The molecule has 1 fully saturated rings. The molecule has 0 spiro atoms. The van der Waals surface area contributed by atoms with Crippen LogP contribution < -0.4 is 10.6 Å². The quantitative estimate of drug-likeness (QED) is 0.807. The number of anilines is 1. The maximum Gasteiger partial charge on any atom is 0.104 e. The summed E-state index contributed by atoms with van der Waals surface area (Å²) in [6.45, 7) is 3.24. The second kappa shape index (κ2) is 4.44. The molecule has 0 aromatic heterocycles. The van der Waals surface area contributed by atoms with E-state index in [2.05, 4.69) is 4.90 Å². The van der Waals surface area contributed by atoms with Crippen molar-refractivity contribution in [1.29, 1.82) is 0 Å². The highest BCUT2D eigenvalue weighted by molar-refractivity contribution is 7.80. The monoisotopic (exact) mass is 270 g/mol. The Kier molecular flexibility index (Phi) is 3.30. The van der Waals surface area contributed by atoms with Crippen LogP contribution in [0.3, 0.4) is 0 Å². The van der Waals surface area contributed by atoms with Gasteiger partial charge >= 0.3 is 0 Å². The van der Waals surface area contributed by atoms with Gasteiger partial charge in [0.15, 0.2) is 0 Å². The maximum absolute atomic E-state index is 9.93. The Labute approximate surface area is 111 Å². The zero-order valence-corrected chi connectivity index (χ0v) is 11.2. The van der Waals surface area contributed by atoms with E-state index in [9.17, 15) is 5.11 Å². The van der Waals surface area contributed by atoms with Gasteiger partial charge in [-0.1, -0.05) is 23.8 Å². The molecule has 92 valence electrons. The number of aliphatic hydroxyl groups is 1. The van der Waals surface area contributed by atoms with E-state index in [-0.39, 0.29) is 0 Å². The summed E-state index contributed by atoms with van der Waals surface area (Å²) in [6, 6.07) is 5.53. The summed E-state index contributed by atoms with van der Waals surface area (Å²) in [5, 5.41) is 10.6. The number of hydrogen-bond acceptors (Lipinski definition) is 3. The van der Waals surface area contributed by atoms with Gasteiger partial charge in [0.1, 0.15) is 4.99 Å². The third kappa shape index (κ3) is 2.70. The van der Waals surface area contributed by atoms with E-state index < -0.39 is 5.60 Å². The summed E-state index contributed by atoms with van der Waals surface area (Å²) in [4.78, 5) is 2.41. The minimum Gasteiger partial charge on any atom is -0.389 e. The van der Waals surface area contributed by atoms with Crippen LogP contribution in [0.1, 0.15) is 18.9 Å². The average Bonchev–Trinajstić information content (AvgIpc) is 2.58. The first-order valence-corrected chi connectivity index (χ1v) is 6.24. The van der Waals surface area contributed by atoms with Crippen LogP contribution in [0, 0.1) is 0 Å². The molecule has 17 heavy (non-hydrogen) atoms. The first kappa shape index (κ1) is 12.6. The summed E-state index contributed by atoms with van der Waals surface area (Å²) in [5.41, 5.74) is 6.60. The van der Waals surface area contributed by atoms with E-state index in [1.54, 1.807) is 6.07 Å². The first-order chi connectivity index (χ1) is 7.89. The molecule has 0 radical (unpaired) electrons. The number of halogens is 1.